The molecule has 2 aliphatic rings. The number of rotatable bonds is 5. The Labute approximate surface area is 157 Å². The number of hydrogen-bond acceptors (Lipinski definition) is 6. The van der Waals surface area contributed by atoms with Gasteiger partial charge in [-0.15, -0.1) is 0 Å². The highest BCUT2D eigenvalue weighted by Crippen LogP contribution is 2.46. The van der Waals surface area contributed by atoms with Gasteiger partial charge in [-0.25, -0.2) is 8.42 Å². The summed E-state index contributed by atoms with van der Waals surface area (Å²) < 4.78 is 22.9. The van der Waals surface area contributed by atoms with Crippen molar-refractivity contribution in [3.05, 3.63) is 35.9 Å². The minimum atomic E-state index is -3.03. The molecule has 1 unspecified atom stereocenters. The van der Waals surface area contributed by atoms with E-state index in [4.69, 9.17) is 0 Å². The lowest BCUT2D eigenvalue weighted by Gasteiger charge is -2.49. The maximum atomic E-state index is 11.4. The van der Waals surface area contributed by atoms with Crippen LogP contribution in [0.4, 0.5) is 0 Å². The normalized spacial score (nSPS) is 33.2. The Morgan fingerprint density at radius 3 is 2.35 bits per heavy atom. The fourth-order valence-electron chi connectivity index (χ4n) is 4.56. The summed E-state index contributed by atoms with van der Waals surface area (Å²) >= 11 is 0. The van der Waals surface area contributed by atoms with Gasteiger partial charge in [-0.1, -0.05) is 30.3 Å². The van der Waals surface area contributed by atoms with Gasteiger partial charge in [0, 0.05) is 30.4 Å². The lowest BCUT2D eigenvalue weighted by atomic mass is 9.69. The fraction of sp³-hybridized carbons (Fsp3) is 0.684. The molecule has 1 heterocycles. The number of hydrogen-bond donors (Lipinski definition) is 2. The summed E-state index contributed by atoms with van der Waals surface area (Å²) in [7, 11) is 1.25. The Hall–Kier alpha value is -0.990. The quantitative estimate of drug-likeness (QED) is 0.792. The molecule has 1 saturated carbocycles. The van der Waals surface area contributed by atoms with Crippen molar-refractivity contribution >= 4 is 9.84 Å². The third-order valence-corrected chi connectivity index (χ3v) is 7.16. The molecule has 1 saturated heterocycles. The molecule has 1 aromatic rings. The van der Waals surface area contributed by atoms with E-state index in [2.05, 4.69) is 48.6 Å². The van der Waals surface area contributed by atoms with Gasteiger partial charge in [0.1, 0.15) is 9.84 Å². The summed E-state index contributed by atoms with van der Waals surface area (Å²) in [4.78, 5) is 4.17. The summed E-state index contributed by atoms with van der Waals surface area (Å²) in [6, 6.07) is 10.6. The lowest BCUT2D eigenvalue weighted by Crippen LogP contribution is -2.54. The molecule has 0 bridgehead atoms. The van der Waals surface area contributed by atoms with Gasteiger partial charge < -0.3 is 5.11 Å². The molecule has 26 heavy (non-hydrogen) atoms. The van der Waals surface area contributed by atoms with E-state index in [0.717, 1.165) is 25.7 Å². The van der Waals surface area contributed by atoms with Crippen molar-refractivity contribution in [1.29, 1.82) is 0 Å². The number of sulfone groups is 1. The molecule has 0 radical (unpaired) electrons. The second-order valence-corrected chi connectivity index (χ2v) is 10.5. The maximum absolute atomic E-state index is 11.4. The standard InChI is InChI=1S/C19H31N3O3S/c1-21(2)19(16-7-5-4-6-8-16)11-9-18(10-12-19)15-22(17(23)20-18)13-14-26(3,24)25/h4-8,17,20,23H,9-15H2,1-3H3. The molecule has 1 aliphatic heterocycles. The minimum Gasteiger partial charge on any atom is -0.365 e. The van der Waals surface area contributed by atoms with E-state index in [1.165, 1.54) is 11.8 Å². The molecule has 146 valence electrons. The average molecular weight is 382 g/mol. The zero-order chi connectivity index (χ0) is 19.0. The van der Waals surface area contributed by atoms with Gasteiger partial charge in [-0.05, 0) is 45.3 Å². The highest BCUT2D eigenvalue weighted by atomic mass is 32.2. The van der Waals surface area contributed by atoms with Crippen LogP contribution in [-0.4, -0.2) is 74.4 Å². The van der Waals surface area contributed by atoms with Crippen LogP contribution in [0.5, 0.6) is 0 Å². The number of aliphatic hydroxyl groups excluding tert-OH is 1. The van der Waals surface area contributed by atoms with Crippen molar-refractivity contribution < 1.29 is 13.5 Å². The van der Waals surface area contributed by atoms with Crippen LogP contribution >= 0.6 is 0 Å². The van der Waals surface area contributed by atoms with Gasteiger partial charge in [0.25, 0.3) is 0 Å². The van der Waals surface area contributed by atoms with Gasteiger partial charge in [0.15, 0.2) is 6.35 Å². The van der Waals surface area contributed by atoms with Gasteiger partial charge in [-0.2, -0.15) is 0 Å². The van der Waals surface area contributed by atoms with Crippen molar-refractivity contribution in [2.24, 2.45) is 0 Å². The Kier molecular flexibility index (Phi) is 5.48. The first-order valence-electron chi connectivity index (χ1n) is 9.26. The molecule has 1 aliphatic carbocycles. The van der Waals surface area contributed by atoms with Crippen LogP contribution in [0.15, 0.2) is 30.3 Å². The van der Waals surface area contributed by atoms with Crippen LogP contribution in [0.3, 0.4) is 0 Å². The van der Waals surface area contributed by atoms with E-state index >= 15 is 0 Å². The molecule has 0 aromatic heterocycles. The second-order valence-electron chi connectivity index (χ2n) is 8.19. The van der Waals surface area contributed by atoms with Crippen molar-refractivity contribution in [3.8, 4) is 0 Å². The predicted octanol–water partition coefficient (Wildman–Crippen LogP) is 0.982. The summed E-state index contributed by atoms with van der Waals surface area (Å²) in [5, 5.41) is 13.7. The van der Waals surface area contributed by atoms with Crippen molar-refractivity contribution in [2.75, 3.05) is 39.2 Å². The summed E-state index contributed by atoms with van der Waals surface area (Å²) in [5.74, 6) is 0.0769. The van der Waals surface area contributed by atoms with E-state index in [1.807, 2.05) is 11.0 Å². The van der Waals surface area contributed by atoms with Crippen LogP contribution < -0.4 is 5.32 Å². The Morgan fingerprint density at radius 2 is 1.81 bits per heavy atom. The largest absolute Gasteiger partial charge is 0.365 e. The molecule has 0 amide bonds. The average Bonchev–Trinajstić information content (AvgIpc) is 2.89. The van der Waals surface area contributed by atoms with E-state index in [1.54, 1.807) is 0 Å². The topological polar surface area (TPSA) is 72.9 Å². The molecule has 1 aromatic carbocycles. The first-order chi connectivity index (χ1) is 12.2. The number of aliphatic hydroxyl groups is 1. The maximum Gasteiger partial charge on any atom is 0.163 e. The van der Waals surface area contributed by atoms with E-state index in [-0.39, 0.29) is 16.8 Å². The molecule has 2 N–H and O–H groups in total. The molecule has 1 atom stereocenters. The van der Waals surface area contributed by atoms with Crippen LogP contribution in [0.1, 0.15) is 31.2 Å². The molecule has 2 fully saturated rings. The summed E-state index contributed by atoms with van der Waals surface area (Å²) in [5.41, 5.74) is 1.22. The smallest absolute Gasteiger partial charge is 0.163 e. The van der Waals surface area contributed by atoms with Crippen LogP contribution in [0.25, 0.3) is 0 Å². The second kappa shape index (κ2) is 7.20. The van der Waals surface area contributed by atoms with E-state index < -0.39 is 16.2 Å². The first-order valence-corrected chi connectivity index (χ1v) is 11.3. The predicted molar refractivity (Wildman–Crippen MR) is 103 cm³/mol. The third-order valence-electron chi connectivity index (χ3n) is 6.24. The molecule has 6 nitrogen and oxygen atoms in total. The minimum absolute atomic E-state index is 0.0132. The van der Waals surface area contributed by atoms with Crippen molar-refractivity contribution in [3.63, 3.8) is 0 Å². The van der Waals surface area contributed by atoms with Crippen molar-refractivity contribution in [1.82, 2.24) is 15.1 Å². The molecule has 7 heteroatoms. The molecule has 3 rings (SSSR count). The number of nitrogens with zero attached hydrogens (tertiary/aromatic N) is 2. The molecular weight excluding hydrogens is 350 g/mol. The SMILES string of the molecule is CN(C)C1(c2ccccc2)CCC2(CC1)CN(CCS(C)(=O)=O)C(O)N2. The van der Waals surface area contributed by atoms with Crippen LogP contribution in [0.2, 0.25) is 0 Å². The fourth-order valence-corrected chi connectivity index (χ4v) is 5.12. The summed E-state index contributed by atoms with van der Waals surface area (Å²) in [6.45, 7) is 1.06. The Bertz CT molecular complexity index is 713. The van der Waals surface area contributed by atoms with E-state index in [9.17, 15) is 13.5 Å². The number of nitrogens with one attached hydrogen (secondary N) is 1. The molecule has 1 spiro atoms. The van der Waals surface area contributed by atoms with Gasteiger partial charge in [0.2, 0.25) is 0 Å². The zero-order valence-corrected chi connectivity index (χ0v) is 16.8. The van der Waals surface area contributed by atoms with Gasteiger partial charge in [-0.3, -0.25) is 15.1 Å². The Morgan fingerprint density at radius 1 is 1.19 bits per heavy atom. The lowest BCUT2D eigenvalue weighted by molar-refractivity contribution is 0.0201. The third kappa shape index (κ3) is 3.97. The highest BCUT2D eigenvalue weighted by molar-refractivity contribution is 7.90. The monoisotopic (exact) mass is 381 g/mol. The van der Waals surface area contributed by atoms with Gasteiger partial charge >= 0.3 is 0 Å². The van der Waals surface area contributed by atoms with Crippen LogP contribution in [-0.2, 0) is 15.4 Å². The Balaban J connectivity index is 1.71. The molecular formula is C19H31N3O3S. The van der Waals surface area contributed by atoms with Crippen molar-refractivity contribution in [2.45, 2.75) is 43.1 Å². The first kappa shape index (κ1) is 19.8. The van der Waals surface area contributed by atoms with E-state index in [0.29, 0.717) is 13.1 Å². The summed E-state index contributed by atoms with van der Waals surface area (Å²) in [6.07, 6.45) is 4.39. The highest BCUT2D eigenvalue weighted by Gasteiger charge is 2.49. The van der Waals surface area contributed by atoms with Gasteiger partial charge in [0.05, 0.1) is 5.75 Å². The zero-order valence-electron chi connectivity index (χ0n) is 16.0. The van der Waals surface area contributed by atoms with Crippen LogP contribution in [0, 0.1) is 0 Å². The number of benzene rings is 1.